The molecule has 1 aliphatic heterocycles. The summed E-state index contributed by atoms with van der Waals surface area (Å²) in [6, 6.07) is 10.2. The number of alkyl halides is 3. The monoisotopic (exact) mass is 445 g/mol. The summed E-state index contributed by atoms with van der Waals surface area (Å²) in [5.41, 5.74) is 1.93. The van der Waals surface area contributed by atoms with Crippen LogP contribution in [0.15, 0.2) is 48.7 Å². The highest BCUT2D eigenvalue weighted by molar-refractivity contribution is 5.76. The molecule has 168 valence electrons. The number of nitrogens with zero attached hydrogens (tertiary/aromatic N) is 2. The van der Waals surface area contributed by atoms with E-state index in [9.17, 15) is 18.0 Å². The first-order chi connectivity index (χ1) is 15.2. The quantitative estimate of drug-likeness (QED) is 0.595. The second-order valence-corrected chi connectivity index (χ2v) is 7.62. The lowest BCUT2D eigenvalue weighted by atomic mass is 10.1. The van der Waals surface area contributed by atoms with Crippen LogP contribution in [0.25, 0.3) is 5.69 Å². The molecule has 0 aliphatic carbocycles. The summed E-state index contributed by atoms with van der Waals surface area (Å²) in [6.45, 7) is 3.78. The van der Waals surface area contributed by atoms with E-state index in [4.69, 9.17) is 9.47 Å². The molecule has 3 aromatic rings. The van der Waals surface area contributed by atoms with Gasteiger partial charge in [0.25, 0.3) is 0 Å². The number of ether oxygens (including phenoxy) is 2. The molecule has 1 N–H and O–H groups in total. The SMILES string of the molecule is Cc1c(C(C)NC(=O)CCc2ccc3c(c2)OCO3)cnn1-c1cccc(C(F)(F)F)c1. The van der Waals surface area contributed by atoms with Gasteiger partial charge < -0.3 is 14.8 Å². The fourth-order valence-corrected chi connectivity index (χ4v) is 3.67. The van der Waals surface area contributed by atoms with Crippen molar-refractivity contribution in [3.8, 4) is 17.2 Å². The Morgan fingerprint density at radius 1 is 1.19 bits per heavy atom. The molecule has 1 aromatic heterocycles. The van der Waals surface area contributed by atoms with Gasteiger partial charge in [0.1, 0.15) is 0 Å². The highest BCUT2D eigenvalue weighted by Crippen LogP contribution is 2.33. The fraction of sp³-hybridized carbons (Fsp3) is 0.304. The number of amides is 1. The molecular weight excluding hydrogens is 423 g/mol. The van der Waals surface area contributed by atoms with Crippen LogP contribution >= 0.6 is 0 Å². The summed E-state index contributed by atoms with van der Waals surface area (Å²) < 4.78 is 51.2. The number of carbonyl (C=O) groups excluding carboxylic acids is 1. The minimum atomic E-state index is -4.43. The molecule has 1 unspecified atom stereocenters. The number of halogens is 3. The van der Waals surface area contributed by atoms with Crippen LogP contribution in [-0.2, 0) is 17.4 Å². The van der Waals surface area contributed by atoms with Crippen LogP contribution in [0.3, 0.4) is 0 Å². The molecule has 2 aromatic carbocycles. The molecule has 2 heterocycles. The van der Waals surface area contributed by atoms with Crippen molar-refractivity contribution in [2.75, 3.05) is 6.79 Å². The smallest absolute Gasteiger partial charge is 0.416 e. The summed E-state index contributed by atoms with van der Waals surface area (Å²) in [7, 11) is 0. The highest BCUT2D eigenvalue weighted by atomic mass is 19.4. The molecule has 6 nitrogen and oxygen atoms in total. The van der Waals surface area contributed by atoms with Crippen molar-refractivity contribution in [1.29, 1.82) is 0 Å². The molecule has 32 heavy (non-hydrogen) atoms. The predicted octanol–water partition coefficient (Wildman–Crippen LogP) is 4.74. The van der Waals surface area contributed by atoms with E-state index in [0.29, 0.717) is 29.3 Å². The van der Waals surface area contributed by atoms with Crippen molar-refractivity contribution in [3.05, 3.63) is 71.0 Å². The molecule has 0 radical (unpaired) electrons. The van der Waals surface area contributed by atoms with Gasteiger partial charge in [-0.2, -0.15) is 18.3 Å². The Hall–Kier alpha value is -3.49. The second-order valence-electron chi connectivity index (χ2n) is 7.62. The molecule has 4 rings (SSSR count). The standard InChI is InChI=1S/C23H22F3N3O3/c1-14(28-22(30)9-7-16-6-8-20-21(10-16)32-13-31-20)19-12-27-29(15(19)2)18-5-3-4-17(11-18)23(24,25)26/h3-6,8,10-12,14H,7,9,13H2,1-2H3,(H,28,30). The number of hydrogen-bond donors (Lipinski definition) is 1. The van der Waals surface area contributed by atoms with Crippen LogP contribution in [0.5, 0.6) is 11.5 Å². The van der Waals surface area contributed by atoms with Crippen LogP contribution < -0.4 is 14.8 Å². The third-order valence-electron chi connectivity index (χ3n) is 5.39. The first-order valence-electron chi connectivity index (χ1n) is 10.1. The van der Waals surface area contributed by atoms with E-state index in [2.05, 4.69) is 10.4 Å². The van der Waals surface area contributed by atoms with Crippen molar-refractivity contribution in [2.45, 2.75) is 38.9 Å². The third-order valence-corrected chi connectivity index (χ3v) is 5.39. The molecule has 0 fully saturated rings. The number of rotatable bonds is 6. The maximum atomic E-state index is 13.0. The average molecular weight is 445 g/mol. The van der Waals surface area contributed by atoms with E-state index in [1.165, 1.54) is 10.7 Å². The van der Waals surface area contributed by atoms with Gasteiger partial charge in [-0.3, -0.25) is 4.79 Å². The topological polar surface area (TPSA) is 65.4 Å². The van der Waals surface area contributed by atoms with Crippen molar-refractivity contribution in [3.63, 3.8) is 0 Å². The Labute approximate surface area is 183 Å². The van der Waals surface area contributed by atoms with E-state index in [0.717, 1.165) is 23.3 Å². The van der Waals surface area contributed by atoms with Crippen molar-refractivity contribution >= 4 is 5.91 Å². The molecule has 0 spiro atoms. The Balaban J connectivity index is 1.40. The largest absolute Gasteiger partial charge is 0.454 e. The van der Waals surface area contributed by atoms with Crippen LogP contribution in [0.4, 0.5) is 13.2 Å². The summed E-state index contributed by atoms with van der Waals surface area (Å²) in [5.74, 6) is 1.23. The van der Waals surface area contributed by atoms with E-state index < -0.39 is 11.7 Å². The molecule has 1 atom stereocenters. The first-order valence-corrected chi connectivity index (χ1v) is 10.1. The van der Waals surface area contributed by atoms with Gasteiger partial charge in [0.2, 0.25) is 12.7 Å². The zero-order valence-corrected chi connectivity index (χ0v) is 17.6. The minimum Gasteiger partial charge on any atom is -0.454 e. The predicted molar refractivity (Wildman–Crippen MR) is 111 cm³/mol. The number of aromatic nitrogens is 2. The van der Waals surface area contributed by atoms with E-state index in [1.807, 2.05) is 25.1 Å². The molecule has 0 saturated heterocycles. The Morgan fingerprint density at radius 2 is 1.97 bits per heavy atom. The van der Waals surface area contributed by atoms with E-state index in [1.54, 1.807) is 19.2 Å². The van der Waals surface area contributed by atoms with Crippen LogP contribution in [-0.4, -0.2) is 22.5 Å². The van der Waals surface area contributed by atoms with E-state index >= 15 is 0 Å². The maximum absolute atomic E-state index is 13.0. The molecular formula is C23H22F3N3O3. The van der Waals surface area contributed by atoms with Gasteiger partial charge in [-0.25, -0.2) is 4.68 Å². The van der Waals surface area contributed by atoms with Crippen LogP contribution in [0.1, 0.15) is 41.8 Å². The molecule has 0 saturated carbocycles. The molecule has 1 amide bonds. The molecule has 1 aliphatic rings. The summed E-state index contributed by atoms with van der Waals surface area (Å²) in [6.07, 6.45) is -2.04. The zero-order chi connectivity index (χ0) is 22.9. The van der Waals surface area contributed by atoms with Crippen LogP contribution in [0.2, 0.25) is 0 Å². The number of carbonyl (C=O) groups is 1. The molecule has 0 bridgehead atoms. The maximum Gasteiger partial charge on any atom is 0.416 e. The van der Waals surface area contributed by atoms with Crippen molar-refractivity contribution in [1.82, 2.24) is 15.1 Å². The average Bonchev–Trinajstić information content (AvgIpc) is 3.37. The molecule has 9 heteroatoms. The summed E-state index contributed by atoms with van der Waals surface area (Å²) >= 11 is 0. The summed E-state index contributed by atoms with van der Waals surface area (Å²) in [4.78, 5) is 12.5. The van der Waals surface area contributed by atoms with Gasteiger partial charge >= 0.3 is 6.18 Å². The van der Waals surface area contributed by atoms with Gasteiger partial charge in [-0.05, 0) is 56.2 Å². The number of aryl methyl sites for hydroxylation is 1. The lowest BCUT2D eigenvalue weighted by molar-refractivity contribution is -0.137. The van der Waals surface area contributed by atoms with Gasteiger partial charge in [0.05, 0.1) is 23.5 Å². The lowest BCUT2D eigenvalue weighted by Gasteiger charge is -2.15. The Morgan fingerprint density at radius 3 is 2.75 bits per heavy atom. The zero-order valence-electron chi connectivity index (χ0n) is 17.6. The first kappa shape index (κ1) is 21.7. The lowest BCUT2D eigenvalue weighted by Crippen LogP contribution is -2.27. The van der Waals surface area contributed by atoms with E-state index in [-0.39, 0.29) is 25.2 Å². The number of benzene rings is 2. The van der Waals surface area contributed by atoms with Gasteiger partial charge in [0.15, 0.2) is 11.5 Å². The van der Waals surface area contributed by atoms with Gasteiger partial charge in [-0.15, -0.1) is 0 Å². The van der Waals surface area contributed by atoms with Crippen molar-refractivity contribution in [2.24, 2.45) is 0 Å². The highest BCUT2D eigenvalue weighted by Gasteiger charge is 2.30. The van der Waals surface area contributed by atoms with Crippen molar-refractivity contribution < 1.29 is 27.4 Å². The fourth-order valence-electron chi connectivity index (χ4n) is 3.67. The minimum absolute atomic E-state index is 0.138. The normalized spacial score (nSPS) is 13.8. The number of nitrogens with one attached hydrogen (secondary N) is 1. The third kappa shape index (κ3) is 4.56. The Kier molecular flexibility index (Phi) is 5.82. The second kappa shape index (κ2) is 8.57. The van der Waals surface area contributed by atoms with Gasteiger partial charge in [0, 0.05) is 17.7 Å². The summed E-state index contributed by atoms with van der Waals surface area (Å²) in [5, 5.41) is 7.17. The van der Waals surface area contributed by atoms with Gasteiger partial charge in [-0.1, -0.05) is 12.1 Å². The number of fused-ring (bicyclic) bond motifs is 1. The Bertz CT molecular complexity index is 1140. The number of hydrogen-bond acceptors (Lipinski definition) is 4. The van der Waals surface area contributed by atoms with Crippen LogP contribution in [0, 0.1) is 6.92 Å².